The van der Waals surface area contributed by atoms with Gasteiger partial charge in [-0.15, -0.1) is 0 Å². The average Bonchev–Trinajstić information content (AvgIpc) is 2.93. The third kappa shape index (κ3) is 6.29. The van der Waals surface area contributed by atoms with Gasteiger partial charge in [-0.3, -0.25) is 19.4 Å². The fraction of sp³-hybridized carbons (Fsp3) is 0.600. The Labute approximate surface area is 160 Å². The Balaban J connectivity index is 1.38. The number of nitrogens with zero attached hydrogens (tertiary/aromatic N) is 3. The molecule has 0 aliphatic carbocycles. The molecule has 0 spiro atoms. The van der Waals surface area contributed by atoms with E-state index in [9.17, 15) is 14.0 Å². The summed E-state index contributed by atoms with van der Waals surface area (Å²) in [6.45, 7) is 5.57. The lowest BCUT2D eigenvalue weighted by Gasteiger charge is -2.35. The first-order valence-electron chi connectivity index (χ1n) is 9.88. The summed E-state index contributed by atoms with van der Waals surface area (Å²) in [6.07, 6.45) is 4.90. The third-order valence-corrected chi connectivity index (χ3v) is 5.28. The first-order chi connectivity index (χ1) is 13.1. The first-order valence-corrected chi connectivity index (χ1v) is 9.88. The molecule has 0 aromatic heterocycles. The molecule has 1 aromatic rings. The van der Waals surface area contributed by atoms with Crippen molar-refractivity contribution < 1.29 is 14.0 Å². The Kier molecular flexibility index (Phi) is 7.18. The van der Waals surface area contributed by atoms with Crippen molar-refractivity contribution in [2.24, 2.45) is 0 Å². The molecule has 2 amide bonds. The molecule has 0 saturated carbocycles. The molecule has 2 aliphatic heterocycles. The molecule has 6 nitrogen and oxygen atoms in total. The molecular weight excluding hydrogens is 347 g/mol. The van der Waals surface area contributed by atoms with Gasteiger partial charge in [0.15, 0.2) is 0 Å². The molecular formula is C20H29FN4O2. The van der Waals surface area contributed by atoms with Crippen LogP contribution < -0.4 is 5.32 Å². The Hall–Kier alpha value is -1.99. The second kappa shape index (κ2) is 9.80. The Morgan fingerprint density at radius 2 is 1.41 bits per heavy atom. The number of benzene rings is 1. The molecule has 148 valence electrons. The second-order valence-corrected chi connectivity index (χ2v) is 7.40. The zero-order valence-electron chi connectivity index (χ0n) is 15.8. The van der Waals surface area contributed by atoms with Crippen LogP contribution in [0.15, 0.2) is 24.3 Å². The zero-order chi connectivity index (χ0) is 19.1. The number of piperazine rings is 1. The minimum atomic E-state index is -0.325. The van der Waals surface area contributed by atoms with E-state index in [2.05, 4.69) is 15.1 Å². The van der Waals surface area contributed by atoms with Gasteiger partial charge in [0, 0.05) is 31.9 Å². The highest BCUT2D eigenvalue weighted by Gasteiger charge is 2.24. The van der Waals surface area contributed by atoms with Gasteiger partial charge in [-0.2, -0.15) is 0 Å². The van der Waals surface area contributed by atoms with Crippen LogP contribution in [0, 0.1) is 5.82 Å². The van der Waals surface area contributed by atoms with Crippen LogP contribution in [-0.2, 0) is 9.59 Å². The number of halogens is 1. The summed E-state index contributed by atoms with van der Waals surface area (Å²) in [5, 5.41) is 2.78. The predicted molar refractivity (Wildman–Crippen MR) is 103 cm³/mol. The van der Waals surface area contributed by atoms with E-state index in [-0.39, 0.29) is 24.2 Å². The largest absolute Gasteiger partial charge is 0.339 e. The van der Waals surface area contributed by atoms with Crippen molar-refractivity contribution in [3.8, 4) is 0 Å². The number of carbonyl (C=O) groups excluding carboxylic acids is 2. The lowest BCUT2D eigenvalue weighted by molar-refractivity contribution is -0.134. The third-order valence-electron chi connectivity index (χ3n) is 5.28. The van der Waals surface area contributed by atoms with Gasteiger partial charge >= 0.3 is 0 Å². The molecule has 2 aliphatic rings. The molecule has 7 heteroatoms. The van der Waals surface area contributed by atoms with E-state index in [0.717, 1.165) is 13.1 Å². The molecule has 27 heavy (non-hydrogen) atoms. The highest BCUT2D eigenvalue weighted by atomic mass is 19.1. The van der Waals surface area contributed by atoms with Crippen LogP contribution >= 0.6 is 0 Å². The molecule has 1 N–H and O–H groups in total. The summed E-state index contributed by atoms with van der Waals surface area (Å²) >= 11 is 0. The van der Waals surface area contributed by atoms with Gasteiger partial charge in [-0.1, -0.05) is 12.8 Å². The van der Waals surface area contributed by atoms with E-state index in [0.29, 0.717) is 38.4 Å². The molecule has 2 fully saturated rings. The SMILES string of the molecule is O=C(CN1CCN(C(=O)CN2CCCCCC2)CC1)Nc1ccc(F)cc1. The number of nitrogens with one attached hydrogen (secondary N) is 1. The van der Waals surface area contributed by atoms with E-state index in [1.807, 2.05) is 4.90 Å². The number of rotatable bonds is 5. The molecule has 1 aromatic carbocycles. The minimum Gasteiger partial charge on any atom is -0.339 e. The molecule has 2 saturated heterocycles. The van der Waals surface area contributed by atoms with Crippen molar-refractivity contribution in [1.82, 2.24) is 14.7 Å². The van der Waals surface area contributed by atoms with Gasteiger partial charge in [0.05, 0.1) is 13.1 Å². The van der Waals surface area contributed by atoms with E-state index in [4.69, 9.17) is 0 Å². The summed E-state index contributed by atoms with van der Waals surface area (Å²) in [4.78, 5) is 30.9. The summed E-state index contributed by atoms with van der Waals surface area (Å²) in [6, 6.07) is 5.74. The Bertz CT molecular complexity index is 621. The van der Waals surface area contributed by atoms with Gasteiger partial charge in [0.25, 0.3) is 0 Å². The maximum Gasteiger partial charge on any atom is 0.238 e. The van der Waals surface area contributed by atoms with E-state index < -0.39 is 0 Å². The molecule has 0 atom stereocenters. The lowest BCUT2D eigenvalue weighted by atomic mass is 10.2. The van der Waals surface area contributed by atoms with Crippen LogP contribution in [0.2, 0.25) is 0 Å². The highest BCUT2D eigenvalue weighted by molar-refractivity contribution is 5.92. The smallest absolute Gasteiger partial charge is 0.238 e. The van der Waals surface area contributed by atoms with Crippen molar-refractivity contribution in [2.45, 2.75) is 25.7 Å². The van der Waals surface area contributed by atoms with Crippen LogP contribution in [0.1, 0.15) is 25.7 Å². The monoisotopic (exact) mass is 376 g/mol. The van der Waals surface area contributed by atoms with Crippen LogP contribution in [0.25, 0.3) is 0 Å². The van der Waals surface area contributed by atoms with Crippen LogP contribution in [0.3, 0.4) is 0 Å². The second-order valence-electron chi connectivity index (χ2n) is 7.40. The zero-order valence-corrected chi connectivity index (χ0v) is 15.8. The van der Waals surface area contributed by atoms with Crippen molar-refractivity contribution in [2.75, 3.05) is 57.7 Å². The normalized spacial score (nSPS) is 19.5. The molecule has 0 unspecified atom stereocenters. The quantitative estimate of drug-likeness (QED) is 0.851. The number of carbonyl (C=O) groups is 2. The number of amides is 2. The molecule has 2 heterocycles. The maximum atomic E-state index is 12.9. The van der Waals surface area contributed by atoms with Crippen molar-refractivity contribution in [3.05, 3.63) is 30.1 Å². The van der Waals surface area contributed by atoms with E-state index in [1.54, 1.807) is 12.1 Å². The first kappa shape index (κ1) is 19.8. The van der Waals surface area contributed by atoms with Crippen molar-refractivity contribution in [1.29, 1.82) is 0 Å². The van der Waals surface area contributed by atoms with E-state index >= 15 is 0 Å². The molecule has 0 bridgehead atoms. The lowest BCUT2D eigenvalue weighted by Crippen LogP contribution is -2.52. The minimum absolute atomic E-state index is 0.119. The summed E-state index contributed by atoms with van der Waals surface area (Å²) in [5.41, 5.74) is 0.590. The van der Waals surface area contributed by atoms with Gasteiger partial charge in [0.2, 0.25) is 11.8 Å². The van der Waals surface area contributed by atoms with Gasteiger partial charge < -0.3 is 10.2 Å². The standard InChI is InChI=1S/C20H29FN4O2/c21-17-5-7-18(8-6-17)22-19(26)15-24-11-13-25(14-12-24)20(27)16-23-9-3-1-2-4-10-23/h5-8H,1-4,9-16H2,(H,22,26). The van der Waals surface area contributed by atoms with Crippen molar-refractivity contribution in [3.63, 3.8) is 0 Å². The van der Waals surface area contributed by atoms with Gasteiger partial charge in [-0.05, 0) is 50.2 Å². The van der Waals surface area contributed by atoms with Crippen LogP contribution in [0.4, 0.5) is 10.1 Å². The summed E-state index contributed by atoms with van der Waals surface area (Å²) in [5.74, 6) is -0.243. The van der Waals surface area contributed by atoms with E-state index in [1.165, 1.54) is 37.8 Å². The van der Waals surface area contributed by atoms with Gasteiger partial charge in [-0.25, -0.2) is 4.39 Å². The number of likely N-dealkylation sites (tertiary alicyclic amines) is 1. The molecule has 3 rings (SSSR count). The maximum absolute atomic E-state index is 12.9. The topological polar surface area (TPSA) is 55.9 Å². The fourth-order valence-electron chi connectivity index (χ4n) is 3.68. The Morgan fingerprint density at radius 1 is 0.815 bits per heavy atom. The molecule has 0 radical (unpaired) electrons. The summed E-state index contributed by atoms with van der Waals surface area (Å²) < 4.78 is 12.9. The Morgan fingerprint density at radius 3 is 2.04 bits per heavy atom. The highest BCUT2D eigenvalue weighted by Crippen LogP contribution is 2.11. The predicted octanol–water partition coefficient (Wildman–Crippen LogP) is 1.78. The average molecular weight is 376 g/mol. The number of hydrogen-bond acceptors (Lipinski definition) is 4. The fourth-order valence-corrected chi connectivity index (χ4v) is 3.68. The number of hydrogen-bond donors (Lipinski definition) is 1. The van der Waals surface area contributed by atoms with Crippen LogP contribution in [0.5, 0.6) is 0 Å². The van der Waals surface area contributed by atoms with Gasteiger partial charge in [0.1, 0.15) is 5.82 Å². The van der Waals surface area contributed by atoms with Crippen LogP contribution in [-0.4, -0.2) is 78.9 Å². The van der Waals surface area contributed by atoms with Crippen molar-refractivity contribution >= 4 is 17.5 Å². The summed E-state index contributed by atoms with van der Waals surface area (Å²) in [7, 11) is 0. The number of anilines is 1.